The number of hydrogen-bond donors (Lipinski definition) is 0. The van der Waals surface area contributed by atoms with E-state index in [1.54, 1.807) is 14.2 Å². The van der Waals surface area contributed by atoms with Crippen LogP contribution in [0.25, 0.3) is 10.8 Å². The Morgan fingerprint density at radius 2 is 1.57 bits per heavy atom. The number of unbranched alkanes of at least 4 members (excludes halogenated alkanes) is 1. The van der Waals surface area contributed by atoms with Gasteiger partial charge < -0.3 is 18.9 Å². The lowest BCUT2D eigenvalue weighted by Crippen LogP contribution is -2.10. The predicted molar refractivity (Wildman–Crippen MR) is 88.7 cm³/mol. The van der Waals surface area contributed by atoms with E-state index in [0.717, 1.165) is 41.3 Å². The van der Waals surface area contributed by atoms with Crippen molar-refractivity contribution in [2.24, 2.45) is 0 Å². The quantitative estimate of drug-likeness (QED) is 0.585. The van der Waals surface area contributed by atoms with Crippen LogP contribution in [0.15, 0.2) is 24.3 Å². The van der Waals surface area contributed by atoms with Gasteiger partial charge in [0, 0.05) is 16.3 Å². The largest absolute Gasteiger partial charge is 0.513 e. The molecular formula is C18H22O5. The van der Waals surface area contributed by atoms with Gasteiger partial charge >= 0.3 is 6.16 Å². The van der Waals surface area contributed by atoms with Gasteiger partial charge in [-0.25, -0.2) is 4.79 Å². The molecule has 0 spiro atoms. The molecule has 5 heteroatoms. The fraction of sp³-hybridized carbons (Fsp3) is 0.389. The topological polar surface area (TPSA) is 54.0 Å². The van der Waals surface area contributed by atoms with Crippen LogP contribution >= 0.6 is 0 Å². The highest BCUT2D eigenvalue weighted by Gasteiger charge is 2.23. The van der Waals surface area contributed by atoms with E-state index in [1.807, 2.05) is 24.3 Å². The summed E-state index contributed by atoms with van der Waals surface area (Å²) in [7, 11) is 4.47. The van der Waals surface area contributed by atoms with Gasteiger partial charge in [-0.05, 0) is 12.8 Å². The van der Waals surface area contributed by atoms with Crippen molar-refractivity contribution in [2.75, 3.05) is 21.3 Å². The number of fused-ring (bicyclic) bond motifs is 1. The molecule has 0 saturated carbocycles. The Balaban J connectivity index is 2.76. The molecule has 0 aromatic heterocycles. The third-order valence-corrected chi connectivity index (χ3v) is 3.71. The summed E-state index contributed by atoms with van der Waals surface area (Å²) in [6.45, 7) is 2.12. The number of carbonyl (C=O) groups is 1. The molecule has 23 heavy (non-hydrogen) atoms. The summed E-state index contributed by atoms with van der Waals surface area (Å²) in [4.78, 5) is 11.6. The van der Waals surface area contributed by atoms with Crippen molar-refractivity contribution in [2.45, 2.75) is 26.2 Å². The first-order valence-electron chi connectivity index (χ1n) is 7.59. The van der Waals surface area contributed by atoms with Gasteiger partial charge in [0.1, 0.15) is 5.75 Å². The highest BCUT2D eigenvalue weighted by atomic mass is 16.7. The number of benzene rings is 2. The molecule has 2 rings (SSSR count). The molecule has 0 fully saturated rings. The lowest BCUT2D eigenvalue weighted by molar-refractivity contribution is 0.120. The lowest BCUT2D eigenvalue weighted by Gasteiger charge is -2.19. The van der Waals surface area contributed by atoms with Crippen LogP contribution in [0.4, 0.5) is 4.79 Å². The minimum atomic E-state index is -0.778. The van der Waals surface area contributed by atoms with Crippen molar-refractivity contribution in [1.29, 1.82) is 0 Å². The summed E-state index contributed by atoms with van der Waals surface area (Å²) in [5.41, 5.74) is 0.898. The highest BCUT2D eigenvalue weighted by molar-refractivity contribution is 5.98. The number of hydrogen-bond acceptors (Lipinski definition) is 5. The predicted octanol–water partition coefficient (Wildman–Crippen LogP) is 4.34. The van der Waals surface area contributed by atoms with E-state index < -0.39 is 6.16 Å². The third-order valence-electron chi connectivity index (χ3n) is 3.71. The van der Waals surface area contributed by atoms with Crippen LogP contribution in [0, 0.1) is 0 Å². The molecule has 0 bridgehead atoms. The fourth-order valence-electron chi connectivity index (χ4n) is 2.66. The summed E-state index contributed by atoms with van der Waals surface area (Å²) >= 11 is 0. The molecule has 0 atom stereocenters. The van der Waals surface area contributed by atoms with Gasteiger partial charge in [0.2, 0.25) is 0 Å². The first-order chi connectivity index (χ1) is 11.2. The zero-order valence-corrected chi connectivity index (χ0v) is 14.0. The van der Waals surface area contributed by atoms with E-state index in [0.29, 0.717) is 11.5 Å². The molecule has 0 amide bonds. The molecule has 0 heterocycles. The van der Waals surface area contributed by atoms with E-state index >= 15 is 0 Å². The Morgan fingerprint density at radius 3 is 2.09 bits per heavy atom. The maximum atomic E-state index is 11.6. The average Bonchev–Trinajstić information content (AvgIpc) is 2.59. The molecule has 124 valence electrons. The average molecular weight is 318 g/mol. The van der Waals surface area contributed by atoms with Crippen LogP contribution in [0.5, 0.6) is 17.2 Å². The Morgan fingerprint density at radius 1 is 0.957 bits per heavy atom. The molecule has 0 N–H and O–H groups in total. The van der Waals surface area contributed by atoms with E-state index in [4.69, 9.17) is 14.2 Å². The van der Waals surface area contributed by atoms with Gasteiger partial charge in [0.15, 0.2) is 11.5 Å². The number of carbonyl (C=O) groups excluding carboxylic acids is 1. The van der Waals surface area contributed by atoms with Crippen LogP contribution in [0.1, 0.15) is 25.3 Å². The Labute approximate surface area is 136 Å². The summed E-state index contributed by atoms with van der Waals surface area (Å²) in [6.07, 6.45) is 2.00. The normalized spacial score (nSPS) is 10.4. The third kappa shape index (κ3) is 3.33. The van der Waals surface area contributed by atoms with Crippen molar-refractivity contribution in [1.82, 2.24) is 0 Å². The van der Waals surface area contributed by atoms with Crippen LogP contribution in [0.3, 0.4) is 0 Å². The molecule has 0 aliphatic rings. The van der Waals surface area contributed by atoms with Gasteiger partial charge in [-0.1, -0.05) is 37.6 Å². The van der Waals surface area contributed by atoms with Gasteiger partial charge in [0.25, 0.3) is 0 Å². The lowest BCUT2D eigenvalue weighted by atomic mass is 9.99. The van der Waals surface area contributed by atoms with Crippen LogP contribution in [0.2, 0.25) is 0 Å². The minimum Gasteiger partial charge on any atom is -0.496 e. The second-order valence-electron chi connectivity index (χ2n) is 5.08. The summed E-state index contributed by atoms with van der Waals surface area (Å²) in [5, 5.41) is 1.62. The van der Waals surface area contributed by atoms with Crippen molar-refractivity contribution >= 4 is 16.9 Å². The van der Waals surface area contributed by atoms with Gasteiger partial charge in [-0.3, -0.25) is 0 Å². The molecule has 0 aliphatic heterocycles. The highest BCUT2D eigenvalue weighted by Crippen LogP contribution is 2.46. The summed E-state index contributed by atoms with van der Waals surface area (Å²) in [5.74, 6) is 1.63. The molecule has 0 radical (unpaired) electrons. The smallest absolute Gasteiger partial charge is 0.496 e. The molecule has 0 unspecified atom stereocenters. The molecule has 0 saturated heterocycles. The monoisotopic (exact) mass is 318 g/mol. The molecular weight excluding hydrogens is 296 g/mol. The molecule has 5 nitrogen and oxygen atoms in total. The summed E-state index contributed by atoms with van der Waals surface area (Å²) in [6, 6.07) is 7.59. The van der Waals surface area contributed by atoms with E-state index in [-0.39, 0.29) is 0 Å². The van der Waals surface area contributed by atoms with Crippen molar-refractivity contribution in [3.05, 3.63) is 29.8 Å². The number of ether oxygens (including phenoxy) is 4. The van der Waals surface area contributed by atoms with Gasteiger partial charge in [0.05, 0.1) is 21.3 Å². The van der Waals surface area contributed by atoms with Crippen molar-refractivity contribution in [3.63, 3.8) is 0 Å². The Kier molecular flexibility index (Phi) is 5.68. The Hall–Kier alpha value is -2.43. The molecule has 2 aromatic carbocycles. The summed E-state index contributed by atoms with van der Waals surface area (Å²) < 4.78 is 21.2. The molecule has 0 aliphatic carbocycles. The molecule has 2 aromatic rings. The first-order valence-corrected chi connectivity index (χ1v) is 7.59. The van der Waals surface area contributed by atoms with Crippen molar-refractivity contribution in [3.8, 4) is 17.2 Å². The maximum Gasteiger partial charge on any atom is 0.513 e. The van der Waals surface area contributed by atoms with E-state index in [2.05, 4.69) is 11.7 Å². The van der Waals surface area contributed by atoms with Crippen LogP contribution < -0.4 is 14.2 Å². The SMILES string of the molecule is CCCCc1c(OC)c(OC(=O)OC)c2ccccc2c1OC. The maximum absolute atomic E-state index is 11.6. The number of rotatable bonds is 6. The zero-order chi connectivity index (χ0) is 16.8. The number of methoxy groups -OCH3 is 3. The van der Waals surface area contributed by atoms with Crippen LogP contribution in [-0.4, -0.2) is 27.5 Å². The van der Waals surface area contributed by atoms with Crippen LogP contribution in [-0.2, 0) is 11.2 Å². The zero-order valence-electron chi connectivity index (χ0n) is 14.0. The van der Waals surface area contributed by atoms with Gasteiger partial charge in [-0.15, -0.1) is 0 Å². The van der Waals surface area contributed by atoms with E-state index in [9.17, 15) is 4.79 Å². The van der Waals surface area contributed by atoms with E-state index in [1.165, 1.54) is 7.11 Å². The first kappa shape index (κ1) is 16.9. The Bertz CT molecular complexity index is 693. The van der Waals surface area contributed by atoms with Gasteiger partial charge in [-0.2, -0.15) is 0 Å². The minimum absolute atomic E-state index is 0.363. The standard InChI is InChI=1S/C18H22O5/c1-5-6-9-14-15(20-2)12-10-7-8-11-13(12)17(16(14)21-3)23-18(19)22-4/h7-8,10-11H,5-6,9H2,1-4H3. The second-order valence-corrected chi connectivity index (χ2v) is 5.08. The second kappa shape index (κ2) is 7.72. The van der Waals surface area contributed by atoms with Crippen molar-refractivity contribution < 1.29 is 23.7 Å². The fourth-order valence-corrected chi connectivity index (χ4v) is 2.66.